The summed E-state index contributed by atoms with van der Waals surface area (Å²) in [6.45, 7) is 8.32. The number of halogens is 1. The molecule has 0 radical (unpaired) electrons. The zero-order chi connectivity index (χ0) is 18.8. The summed E-state index contributed by atoms with van der Waals surface area (Å²) in [5.74, 6) is 1.56. The lowest BCUT2D eigenvalue weighted by atomic mass is 9.99. The average Bonchev–Trinajstić information content (AvgIpc) is 3.18. The number of aliphatic hydroxyl groups is 1. The zero-order valence-corrected chi connectivity index (χ0v) is 19.3. The molecule has 150 valence electrons. The molecule has 1 unspecified atom stereocenters. The Kier molecular flexibility index (Phi) is 10.7. The molecule has 7 heteroatoms. The number of hydrogen-bond acceptors (Lipinski definition) is 4. The number of nitrogens with one attached hydrogen (secondary N) is 2. The van der Waals surface area contributed by atoms with Crippen molar-refractivity contribution in [2.45, 2.75) is 39.3 Å². The molecule has 0 bridgehead atoms. The average molecular weight is 503 g/mol. The van der Waals surface area contributed by atoms with Crippen molar-refractivity contribution in [1.82, 2.24) is 10.6 Å². The minimum atomic E-state index is -0.940. The molecule has 0 amide bonds. The van der Waals surface area contributed by atoms with E-state index in [2.05, 4.69) is 22.5 Å². The maximum absolute atomic E-state index is 10.6. The highest BCUT2D eigenvalue weighted by Gasteiger charge is 2.23. The van der Waals surface area contributed by atoms with E-state index < -0.39 is 5.60 Å². The molecule has 27 heavy (non-hydrogen) atoms. The summed E-state index contributed by atoms with van der Waals surface area (Å²) >= 11 is 1.58. The van der Waals surface area contributed by atoms with Gasteiger partial charge in [0.2, 0.25) is 0 Å². The standard InChI is InChI=1S/C20H29N3O2S.HI/c1-4-10-25-18-8-6-7-16(12-18)13-22-19(21-5-2)23-15-20(3,24)17-9-11-26-14-17;/h6-9,11-12,14,24H,4-5,10,13,15H2,1-3H3,(H2,21,22,23);1H. The van der Waals surface area contributed by atoms with Crippen LogP contribution in [-0.2, 0) is 12.1 Å². The van der Waals surface area contributed by atoms with Crippen LogP contribution in [0.2, 0.25) is 0 Å². The molecule has 1 atom stereocenters. The highest BCUT2D eigenvalue weighted by Crippen LogP contribution is 2.22. The second-order valence-corrected chi connectivity index (χ2v) is 7.11. The van der Waals surface area contributed by atoms with Gasteiger partial charge in [-0.3, -0.25) is 0 Å². The monoisotopic (exact) mass is 503 g/mol. The van der Waals surface area contributed by atoms with Gasteiger partial charge < -0.3 is 20.5 Å². The number of nitrogens with zero attached hydrogens (tertiary/aromatic N) is 1. The highest BCUT2D eigenvalue weighted by atomic mass is 127. The van der Waals surface area contributed by atoms with E-state index in [0.29, 0.717) is 25.7 Å². The number of rotatable bonds is 9. The van der Waals surface area contributed by atoms with Gasteiger partial charge in [0.25, 0.3) is 0 Å². The van der Waals surface area contributed by atoms with Crippen molar-refractivity contribution >= 4 is 41.3 Å². The molecule has 5 nitrogen and oxygen atoms in total. The van der Waals surface area contributed by atoms with E-state index in [1.165, 1.54) is 0 Å². The molecule has 0 aliphatic heterocycles. The molecule has 0 spiro atoms. The van der Waals surface area contributed by atoms with Gasteiger partial charge in [-0.05, 0) is 60.4 Å². The van der Waals surface area contributed by atoms with Gasteiger partial charge in [-0.15, -0.1) is 24.0 Å². The first-order chi connectivity index (χ1) is 12.5. The predicted molar refractivity (Wildman–Crippen MR) is 124 cm³/mol. The number of guanidine groups is 1. The molecule has 2 aromatic rings. The number of benzene rings is 1. The fraction of sp³-hybridized carbons (Fsp3) is 0.450. The van der Waals surface area contributed by atoms with Gasteiger partial charge in [0.1, 0.15) is 11.4 Å². The molecule has 2 rings (SSSR count). The maximum Gasteiger partial charge on any atom is 0.191 e. The molecule has 0 saturated carbocycles. The van der Waals surface area contributed by atoms with Crippen molar-refractivity contribution in [3.05, 3.63) is 52.2 Å². The van der Waals surface area contributed by atoms with Crippen LogP contribution in [-0.4, -0.2) is 30.8 Å². The Bertz CT molecular complexity index is 690. The zero-order valence-electron chi connectivity index (χ0n) is 16.2. The van der Waals surface area contributed by atoms with Crippen molar-refractivity contribution in [3.8, 4) is 5.75 Å². The van der Waals surface area contributed by atoms with Crippen LogP contribution in [0.4, 0.5) is 0 Å². The summed E-state index contributed by atoms with van der Waals surface area (Å²) < 4.78 is 5.67. The van der Waals surface area contributed by atoms with E-state index in [9.17, 15) is 5.11 Å². The maximum atomic E-state index is 10.6. The van der Waals surface area contributed by atoms with Crippen LogP contribution in [0.25, 0.3) is 0 Å². The Labute approximate surface area is 183 Å². The normalized spacial score (nSPS) is 13.4. The third-order valence-corrected chi connectivity index (χ3v) is 4.56. The van der Waals surface area contributed by atoms with Crippen LogP contribution in [0, 0.1) is 0 Å². The van der Waals surface area contributed by atoms with Crippen LogP contribution in [0.15, 0.2) is 46.1 Å². The van der Waals surface area contributed by atoms with Gasteiger partial charge in [-0.2, -0.15) is 11.3 Å². The SMILES string of the molecule is CCCOc1cccc(CN=C(NCC)NCC(C)(O)c2ccsc2)c1.I. The number of aliphatic imine (C=N–C) groups is 1. The molecule has 1 aromatic heterocycles. The number of ether oxygens (including phenoxy) is 1. The van der Waals surface area contributed by atoms with E-state index in [-0.39, 0.29) is 24.0 Å². The Morgan fingerprint density at radius 3 is 2.74 bits per heavy atom. The van der Waals surface area contributed by atoms with Gasteiger partial charge in [0.15, 0.2) is 5.96 Å². The molecular weight excluding hydrogens is 473 g/mol. The van der Waals surface area contributed by atoms with E-state index in [4.69, 9.17) is 4.74 Å². The van der Waals surface area contributed by atoms with E-state index in [1.807, 2.05) is 48.0 Å². The van der Waals surface area contributed by atoms with E-state index in [0.717, 1.165) is 29.8 Å². The van der Waals surface area contributed by atoms with Gasteiger partial charge in [0.05, 0.1) is 19.7 Å². The molecular formula is C20H30IN3O2S. The Balaban J connectivity index is 0.00000364. The Hall–Kier alpha value is -1.32. The Morgan fingerprint density at radius 2 is 2.07 bits per heavy atom. The minimum Gasteiger partial charge on any atom is -0.494 e. The van der Waals surface area contributed by atoms with Crippen LogP contribution >= 0.6 is 35.3 Å². The molecule has 1 heterocycles. The second kappa shape index (κ2) is 12.2. The van der Waals surface area contributed by atoms with Crippen molar-refractivity contribution in [2.75, 3.05) is 19.7 Å². The lowest BCUT2D eigenvalue weighted by molar-refractivity contribution is 0.0621. The summed E-state index contributed by atoms with van der Waals surface area (Å²) in [6.07, 6.45) is 0.987. The second-order valence-electron chi connectivity index (χ2n) is 6.33. The van der Waals surface area contributed by atoms with Crippen molar-refractivity contribution in [3.63, 3.8) is 0 Å². The molecule has 1 aromatic carbocycles. The molecule has 0 fully saturated rings. The van der Waals surface area contributed by atoms with E-state index >= 15 is 0 Å². The van der Waals surface area contributed by atoms with Crippen molar-refractivity contribution in [2.24, 2.45) is 4.99 Å². The third-order valence-electron chi connectivity index (χ3n) is 3.88. The first-order valence-corrected chi connectivity index (χ1v) is 9.98. The van der Waals surface area contributed by atoms with Crippen LogP contribution < -0.4 is 15.4 Å². The van der Waals surface area contributed by atoms with E-state index in [1.54, 1.807) is 18.3 Å². The van der Waals surface area contributed by atoms with Crippen LogP contribution in [0.5, 0.6) is 5.75 Å². The quantitative estimate of drug-likeness (QED) is 0.274. The number of hydrogen-bond donors (Lipinski definition) is 3. The van der Waals surface area contributed by atoms with Gasteiger partial charge >= 0.3 is 0 Å². The lowest BCUT2D eigenvalue weighted by Crippen LogP contribution is -2.44. The van der Waals surface area contributed by atoms with Crippen molar-refractivity contribution in [1.29, 1.82) is 0 Å². The fourth-order valence-corrected chi connectivity index (χ4v) is 3.18. The fourth-order valence-electron chi connectivity index (χ4n) is 2.39. The minimum absolute atomic E-state index is 0. The van der Waals surface area contributed by atoms with Crippen LogP contribution in [0.1, 0.15) is 38.3 Å². The summed E-state index contributed by atoms with van der Waals surface area (Å²) in [4.78, 5) is 4.62. The topological polar surface area (TPSA) is 65.9 Å². The molecule has 0 saturated heterocycles. The van der Waals surface area contributed by atoms with Crippen LogP contribution in [0.3, 0.4) is 0 Å². The summed E-state index contributed by atoms with van der Waals surface area (Å²) in [5, 5.41) is 21.0. The molecule has 0 aliphatic rings. The summed E-state index contributed by atoms with van der Waals surface area (Å²) in [7, 11) is 0. The molecule has 3 N–H and O–H groups in total. The predicted octanol–water partition coefficient (Wildman–Crippen LogP) is 4.12. The third kappa shape index (κ3) is 8.06. The van der Waals surface area contributed by atoms with Crippen molar-refractivity contribution < 1.29 is 9.84 Å². The summed E-state index contributed by atoms with van der Waals surface area (Å²) in [6, 6.07) is 9.94. The van der Waals surface area contributed by atoms with Gasteiger partial charge in [0, 0.05) is 6.54 Å². The molecule has 0 aliphatic carbocycles. The Morgan fingerprint density at radius 1 is 1.26 bits per heavy atom. The smallest absolute Gasteiger partial charge is 0.191 e. The van der Waals surface area contributed by atoms with Gasteiger partial charge in [-0.25, -0.2) is 4.99 Å². The van der Waals surface area contributed by atoms with Gasteiger partial charge in [-0.1, -0.05) is 19.1 Å². The summed E-state index contributed by atoms with van der Waals surface area (Å²) in [5.41, 5.74) is 1.05. The highest BCUT2D eigenvalue weighted by molar-refractivity contribution is 14.0. The first kappa shape index (κ1) is 23.7. The first-order valence-electron chi connectivity index (χ1n) is 9.04. The number of thiophene rings is 1. The lowest BCUT2D eigenvalue weighted by Gasteiger charge is -2.24. The largest absolute Gasteiger partial charge is 0.494 e.